The molecule has 2 aromatic carbocycles. The maximum atomic E-state index is 12.4. The zero-order chi connectivity index (χ0) is 17.5. The zero-order valence-electron chi connectivity index (χ0n) is 13.9. The quantitative estimate of drug-likeness (QED) is 0.914. The van der Waals surface area contributed by atoms with E-state index in [4.69, 9.17) is 4.74 Å². The third-order valence-electron chi connectivity index (χ3n) is 3.42. The Bertz CT molecular complexity index is 686. The maximum absolute atomic E-state index is 12.4. The smallest absolute Gasteiger partial charge is 0.411 e. The highest BCUT2D eigenvalue weighted by atomic mass is 16.5. The second-order valence-electron chi connectivity index (χ2n) is 5.13. The van der Waals surface area contributed by atoms with Gasteiger partial charge >= 0.3 is 6.09 Å². The first-order valence-corrected chi connectivity index (χ1v) is 7.45. The fourth-order valence-corrected chi connectivity index (χ4v) is 2.09. The largest absolute Gasteiger partial charge is 0.481 e. The van der Waals surface area contributed by atoms with Gasteiger partial charge in [-0.25, -0.2) is 4.79 Å². The van der Waals surface area contributed by atoms with E-state index in [1.807, 2.05) is 30.3 Å². The summed E-state index contributed by atoms with van der Waals surface area (Å²) in [5, 5.41) is 2.54. The minimum atomic E-state index is -0.644. The third kappa shape index (κ3) is 4.49. The lowest BCUT2D eigenvalue weighted by molar-refractivity contribution is -0.124. The van der Waals surface area contributed by atoms with Crippen molar-refractivity contribution in [2.45, 2.75) is 13.0 Å². The summed E-state index contributed by atoms with van der Waals surface area (Å²) in [4.78, 5) is 25.1. The van der Waals surface area contributed by atoms with Gasteiger partial charge in [-0.1, -0.05) is 18.2 Å². The molecule has 1 N–H and O–H groups in total. The highest BCUT2D eigenvalue weighted by Gasteiger charge is 2.20. The van der Waals surface area contributed by atoms with Crippen molar-refractivity contribution in [1.82, 2.24) is 0 Å². The van der Waals surface area contributed by atoms with E-state index in [1.54, 1.807) is 43.1 Å². The molecule has 0 radical (unpaired) electrons. The summed E-state index contributed by atoms with van der Waals surface area (Å²) in [7, 11) is 3.00. The van der Waals surface area contributed by atoms with Gasteiger partial charge in [0.15, 0.2) is 6.10 Å². The van der Waals surface area contributed by atoms with Crippen LogP contribution in [0, 0.1) is 0 Å². The Morgan fingerprint density at radius 3 is 2.25 bits per heavy atom. The van der Waals surface area contributed by atoms with Crippen molar-refractivity contribution in [2.75, 3.05) is 24.4 Å². The molecule has 6 heteroatoms. The summed E-state index contributed by atoms with van der Waals surface area (Å²) in [6, 6.07) is 16.1. The fourth-order valence-electron chi connectivity index (χ4n) is 2.09. The standard InChI is InChI=1S/C18H20N2O4/c1-13(17(21)20(2)15-7-5-4-6-8-15)24-16-11-9-14(10-12-16)19-18(22)23-3/h4-13H,1-3H3,(H,19,22)/t13-/m0/s1. The van der Waals surface area contributed by atoms with E-state index in [0.29, 0.717) is 11.4 Å². The van der Waals surface area contributed by atoms with Gasteiger partial charge < -0.3 is 14.4 Å². The van der Waals surface area contributed by atoms with E-state index in [2.05, 4.69) is 10.1 Å². The number of nitrogens with one attached hydrogen (secondary N) is 1. The number of likely N-dealkylation sites (N-methyl/N-ethyl adjacent to an activating group) is 1. The van der Waals surface area contributed by atoms with Gasteiger partial charge in [-0.3, -0.25) is 10.1 Å². The lowest BCUT2D eigenvalue weighted by atomic mass is 10.2. The number of hydrogen-bond acceptors (Lipinski definition) is 4. The molecule has 0 spiro atoms. The Hall–Kier alpha value is -3.02. The molecule has 0 unspecified atom stereocenters. The highest BCUT2D eigenvalue weighted by Crippen LogP contribution is 2.19. The minimum absolute atomic E-state index is 0.155. The van der Waals surface area contributed by atoms with Crippen LogP contribution in [0.2, 0.25) is 0 Å². The molecule has 0 bridgehead atoms. The Labute approximate surface area is 141 Å². The van der Waals surface area contributed by atoms with Gasteiger partial charge in [-0.05, 0) is 43.3 Å². The number of para-hydroxylation sites is 1. The summed E-state index contributed by atoms with van der Waals surface area (Å²) < 4.78 is 10.2. The van der Waals surface area contributed by atoms with E-state index in [-0.39, 0.29) is 5.91 Å². The van der Waals surface area contributed by atoms with Crippen LogP contribution in [0.5, 0.6) is 5.75 Å². The molecule has 0 heterocycles. The summed E-state index contributed by atoms with van der Waals surface area (Å²) in [6.45, 7) is 1.70. The molecular formula is C18H20N2O4. The molecule has 0 aromatic heterocycles. The maximum Gasteiger partial charge on any atom is 0.411 e. The number of methoxy groups -OCH3 is 1. The third-order valence-corrected chi connectivity index (χ3v) is 3.42. The van der Waals surface area contributed by atoms with Gasteiger partial charge in [-0.15, -0.1) is 0 Å². The average Bonchev–Trinajstić information content (AvgIpc) is 2.62. The molecule has 6 nitrogen and oxygen atoms in total. The number of carbonyl (C=O) groups excluding carboxylic acids is 2. The normalized spacial score (nSPS) is 11.3. The second-order valence-corrected chi connectivity index (χ2v) is 5.13. The van der Waals surface area contributed by atoms with Crippen molar-refractivity contribution in [3.05, 3.63) is 54.6 Å². The van der Waals surface area contributed by atoms with Gasteiger partial charge in [-0.2, -0.15) is 0 Å². The Morgan fingerprint density at radius 2 is 1.67 bits per heavy atom. The van der Waals surface area contributed by atoms with Crippen molar-refractivity contribution < 1.29 is 19.1 Å². The second kappa shape index (κ2) is 8.01. The molecule has 126 valence electrons. The number of nitrogens with zero attached hydrogens (tertiary/aromatic N) is 1. The SMILES string of the molecule is COC(=O)Nc1ccc(O[C@@H](C)C(=O)N(C)c2ccccc2)cc1. The molecule has 0 aliphatic carbocycles. The van der Waals surface area contributed by atoms with Gasteiger partial charge in [0.1, 0.15) is 5.75 Å². The lowest BCUT2D eigenvalue weighted by Crippen LogP contribution is -2.37. The number of carbonyl (C=O) groups is 2. The summed E-state index contributed by atoms with van der Waals surface area (Å²) in [5.41, 5.74) is 1.38. The predicted octanol–water partition coefficient (Wildman–Crippen LogP) is 3.30. The monoisotopic (exact) mass is 328 g/mol. The van der Waals surface area contributed by atoms with E-state index in [0.717, 1.165) is 5.69 Å². The van der Waals surface area contributed by atoms with Gasteiger partial charge in [0.2, 0.25) is 0 Å². The van der Waals surface area contributed by atoms with Crippen molar-refractivity contribution in [3.8, 4) is 5.75 Å². The molecular weight excluding hydrogens is 308 g/mol. The van der Waals surface area contributed by atoms with E-state index >= 15 is 0 Å². The van der Waals surface area contributed by atoms with Gasteiger partial charge in [0.25, 0.3) is 5.91 Å². The van der Waals surface area contributed by atoms with Crippen molar-refractivity contribution in [2.24, 2.45) is 0 Å². The molecule has 2 aromatic rings. The van der Waals surface area contributed by atoms with Crippen molar-refractivity contribution in [1.29, 1.82) is 0 Å². The van der Waals surface area contributed by atoms with Crippen LogP contribution in [-0.2, 0) is 9.53 Å². The highest BCUT2D eigenvalue weighted by molar-refractivity contribution is 5.96. The van der Waals surface area contributed by atoms with Crippen LogP contribution in [0.3, 0.4) is 0 Å². The van der Waals surface area contributed by atoms with Crippen molar-refractivity contribution in [3.63, 3.8) is 0 Å². The van der Waals surface area contributed by atoms with Gasteiger partial charge in [0, 0.05) is 18.4 Å². The number of benzene rings is 2. The first kappa shape index (κ1) is 17.3. The molecule has 0 aliphatic rings. The Balaban J connectivity index is 1.97. The molecule has 1 atom stereocenters. The summed E-state index contributed by atoms with van der Waals surface area (Å²) in [6.07, 6.45) is -1.19. The average molecular weight is 328 g/mol. The molecule has 24 heavy (non-hydrogen) atoms. The van der Waals surface area contributed by atoms with Crippen LogP contribution >= 0.6 is 0 Å². The number of amides is 2. The van der Waals surface area contributed by atoms with Crippen LogP contribution < -0.4 is 15.0 Å². The Kier molecular flexibility index (Phi) is 5.78. The van der Waals surface area contributed by atoms with Crippen LogP contribution in [0.1, 0.15) is 6.92 Å². The molecule has 0 fully saturated rings. The van der Waals surface area contributed by atoms with Gasteiger partial charge in [0.05, 0.1) is 7.11 Å². The minimum Gasteiger partial charge on any atom is -0.481 e. The predicted molar refractivity (Wildman–Crippen MR) is 92.4 cm³/mol. The van der Waals surface area contributed by atoms with Crippen LogP contribution in [-0.4, -0.2) is 32.3 Å². The Morgan fingerprint density at radius 1 is 1.04 bits per heavy atom. The summed E-state index contributed by atoms with van der Waals surface area (Å²) >= 11 is 0. The lowest BCUT2D eigenvalue weighted by Gasteiger charge is -2.22. The van der Waals surface area contributed by atoms with E-state index < -0.39 is 12.2 Å². The van der Waals surface area contributed by atoms with E-state index in [9.17, 15) is 9.59 Å². The first-order chi connectivity index (χ1) is 11.5. The van der Waals surface area contributed by atoms with Crippen LogP contribution in [0.25, 0.3) is 0 Å². The molecule has 2 amide bonds. The summed E-state index contributed by atoms with van der Waals surface area (Å²) in [5.74, 6) is 0.380. The van der Waals surface area contributed by atoms with Crippen molar-refractivity contribution >= 4 is 23.4 Å². The topological polar surface area (TPSA) is 67.9 Å². The molecule has 0 saturated carbocycles. The number of hydrogen-bond donors (Lipinski definition) is 1. The van der Waals surface area contributed by atoms with E-state index in [1.165, 1.54) is 7.11 Å². The number of rotatable bonds is 5. The molecule has 0 saturated heterocycles. The zero-order valence-corrected chi connectivity index (χ0v) is 13.9. The first-order valence-electron chi connectivity index (χ1n) is 7.45. The fraction of sp³-hybridized carbons (Fsp3) is 0.222. The number of ether oxygens (including phenoxy) is 2. The van der Waals surface area contributed by atoms with Crippen LogP contribution in [0.15, 0.2) is 54.6 Å². The molecule has 2 rings (SSSR count). The molecule has 0 aliphatic heterocycles. The number of anilines is 2. The van der Waals surface area contributed by atoms with Crippen LogP contribution in [0.4, 0.5) is 16.2 Å².